The molecule has 0 saturated heterocycles. The second kappa shape index (κ2) is 12.7. The topological polar surface area (TPSA) is 52.3 Å². The van der Waals surface area contributed by atoms with Crippen molar-refractivity contribution in [3.05, 3.63) is 17.5 Å². The molecule has 0 N–H and O–H groups in total. The standard InChI is InChI=1S/C8H10FNO3.2C2H6/c1-2-12-8(11)7-5-6(3-4-9)13-10-7;2*1-2/h5H,2-4H2,1H3;2*1-2H3. The largest absolute Gasteiger partial charge is 0.461 e. The van der Waals surface area contributed by atoms with E-state index >= 15 is 0 Å². The summed E-state index contributed by atoms with van der Waals surface area (Å²) in [5.41, 5.74) is 0.0882. The second-order valence-corrected chi connectivity index (χ2v) is 2.34. The Kier molecular flexibility index (Phi) is 13.4. The van der Waals surface area contributed by atoms with Crippen LogP contribution in [0.15, 0.2) is 10.6 Å². The summed E-state index contributed by atoms with van der Waals surface area (Å²) in [6.07, 6.45) is 0.131. The minimum Gasteiger partial charge on any atom is -0.461 e. The number of nitrogens with zero attached hydrogens (tertiary/aromatic N) is 1. The quantitative estimate of drug-likeness (QED) is 0.765. The van der Waals surface area contributed by atoms with Crippen molar-refractivity contribution in [1.29, 1.82) is 0 Å². The van der Waals surface area contributed by atoms with Gasteiger partial charge in [0.1, 0.15) is 5.76 Å². The lowest BCUT2D eigenvalue weighted by atomic mass is 10.3. The Morgan fingerprint density at radius 3 is 2.47 bits per heavy atom. The molecule has 0 spiro atoms. The van der Waals surface area contributed by atoms with Gasteiger partial charge < -0.3 is 9.26 Å². The number of hydrogen-bond donors (Lipinski definition) is 0. The van der Waals surface area contributed by atoms with Crippen LogP contribution in [0, 0.1) is 0 Å². The van der Waals surface area contributed by atoms with Crippen molar-refractivity contribution in [2.24, 2.45) is 0 Å². The molecular weight excluding hydrogens is 225 g/mol. The predicted octanol–water partition coefficient (Wildman–Crippen LogP) is 3.42. The van der Waals surface area contributed by atoms with E-state index in [0.29, 0.717) is 5.76 Å². The molecule has 0 amide bonds. The first-order chi connectivity index (χ1) is 8.27. The van der Waals surface area contributed by atoms with E-state index in [1.165, 1.54) is 6.07 Å². The van der Waals surface area contributed by atoms with Gasteiger partial charge in [-0.05, 0) is 6.92 Å². The molecule has 0 aliphatic heterocycles. The van der Waals surface area contributed by atoms with Gasteiger partial charge in [0.15, 0.2) is 5.69 Å². The third-order valence-corrected chi connectivity index (χ3v) is 1.38. The number of rotatable bonds is 4. The van der Waals surface area contributed by atoms with Crippen molar-refractivity contribution in [2.45, 2.75) is 41.0 Å². The molecule has 0 saturated carbocycles. The fraction of sp³-hybridized carbons (Fsp3) is 0.667. The highest BCUT2D eigenvalue weighted by Crippen LogP contribution is 2.05. The van der Waals surface area contributed by atoms with Gasteiger partial charge in [0.25, 0.3) is 0 Å². The van der Waals surface area contributed by atoms with E-state index in [-0.39, 0.29) is 18.7 Å². The monoisotopic (exact) mass is 247 g/mol. The number of halogens is 1. The summed E-state index contributed by atoms with van der Waals surface area (Å²) in [5, 5.41) is 3.44. The lowest BCUT2D eigenvalue weighted by Crippen LogP contribution is -2.04. The van der Waals surface area contributed by atoms with E-state index in [1.54, 1.807) is 6.92 Å². The van der Waals surface area contributed by atoms with Crippen molar-refractivity contribution in [2.75, 3.05) is 13.3 Å². The maximum atomic E-state index is 11.8. The van der Waals surface area contributed by atoms with Crippen molar-refractivity contribution < 1.29 is 18.4 Å². The zero-order valence-corrected chi connectivity index (χ0v) is 11.2. The Balaban J connectivity index is 0. The van der Waals surface area contributed by atoms with E-state index in [2.05, 4.69) is 14.4 Å². The number of alkyl halides is 1. The van der Waals surface area contributed by atoms with Crippen LogP contribution >= 0.6 is 0 Å². The molecule has 1 aromatic rings. The smallest absolute Gasteiger partial charge is 0.360 e. The molecule has 17 heavy (non-hydrogen) atoms. The van der Waals surface area contributed by atoms with Gasteiger partial charge in [-0.25, -0.2) is 4.79 Å². The Morgan fingerprint density at radius 1 is 1.41 bits per heavy atom. The number of aryl methyl sites for hydroxylation is 1. The van der Waals surface area contributed by atoms with Crippen molar-refractivity contribution in [1.82, 2.24) is 5.16 Å². The van der Waals surface area contributed by atoms with Crippen molar-refractivity contribution in [3.8, 4) is 0 Å². The van der Waals surface area contributed by atoms with E-state index in [9.17, 15) is 9.18 Å². The van der Waals surface area contributed by atoms with Crippen LogP contribution in [-0.2, 0) is 11.2 Å². The maximum absolute atomic E-state index is 11.8. The van der Waals surface area contributed by atoms with Crippen LogP contribution in [0.4, 0.5) is 4.39 Å². The zero-order chi connectivity index (χ0) is 13.7. The first-order valence-electron chi connectivity index (χ1n) is 5.96. The lowest BCUT2D eigenvalue weighted by Gasteiger charge is -1.94. The summed E-state index contributed by atoms with van der Waals surface area (Å²) in [7, 11) is 0. The van der Waals surface area contributed by atoms with E-state index < -0.39 is 12.6 Å². The summed E-state index contributed by atoms with van der Waals surface area (Å²) in [6, 6.07) is 1.39. The molecule has 100 valence electrons. The molecule has 0 aliphatic rings. The van der Waals surface area contributed by atoms with Crippen LogP contribution in [0.25, 0.3) is 0 Å². The summed E-state index contributed by atoms with van der Waals surface area (Å²) in [5.74, 6) is -0.193. The maximum Gasteiger partial charge on any atom is 0.360 e. The first kappa shape index (κ1) is 18.0. The Bertz CT molecular complexity index is 287. The molecule has 0 aromatic carbocycles. The molecule has 0 unspecified atom stereocenters. The van der Waals surface area contributed by atoms with Crippen LogP contribution in [0.5, 0.6) is 0 Å². The number of carbonyl (C=O) groups is 1. The van der Waals surface area contributed by atoms with Gasteiger partial charge in [0, 0.05) is 12.5 Å². The van der Waals surface area contributed by atoms with Gasteiger partial charge in [0.05, 0.1) is 13.3 Å². The highest BCUT2D eigenvalue weighted by molar-refractivity contribution is 5.87. The fourth-order valence-electron chi connectivity index (χ4n) is 0.825. The van der Waals surface area contributed by atoms with Gasteiger partial charge in [-0.2, -0.15) is 0 Å². The SMILES string of the molecule is CC.CC.CCOC(=O)c1cc(CCF)on1. The summed E-state index contributed by atoms with van der Waals surface area (Å²) in [4.78, 5) is 11.0. The van der Waals surface area contributed by atoms with Crippen molar-refractivity contribution in [3.63, 3.8) is 0 Å². The average molecular weight is 247 g/mol. The lowest BCUT2D eigenvalue weighted by molar-refractivity contribution is 0.0514. The molecule has 0 aliphatic carbocycles. The van der Waals surface area contributed by atoms with E-state index in [1.807, 2.05) is 27.7 Å². The fourth-order valence-corrected chi connectivity index (χ4v) is 0.825. The average Bonchev–Trinajstić information content (AvgIpc) is 2.84. The minimum atomic E-state index is -0.545. The van der Waals surface area contributed by atoms with Crippen LogP contribution in [-0.4, -0.2) is 24.4 Å². The second-order valence-electron chi connectivity index (χ2n) is 2.34. The normalized spacial score (nSPS) is 8.35. The van der Waals surface area contributed by atoms with Crippen LogP contribution in [0.1, 0.15) is 50.9 Å². The summed E-state index contributed by atoms with van der Waals surface area (Å²) >= 11 is 0. The van der Waals surface area contributed by atoms with Gasteiger partial charge >= 0.3 is 5.97 Å². The summed E-state index contributed by atoms with van der Waals surface area (Å²) < 4.78 is 21.2. The Labute approximate surface area is 102 Å². The van der Waals surface area contributed by atoms with Gasteiger partial charge in [0.2, 0.25) is 0 Å². The Morgan fingerprint density at radius 2 is 2.00 bits per heavy atom. The van der Waals surface area contributed by atoms with Crippen LogP contribution < -0.4 is 0 Å². The number of hydrogen-bond acceptors (Lipinski definition) is 4. The third-order valence-electron chi connectivity index (χ3n) is 1.38. The molecule has 5 heteroatoms. The molecule has 1 heterocycles. The number of aromatic nitrogens is 1. The van der Waals surface area contributed by atoms with Gasteiger partial charge in [-0.15, -0.1) is 0 Å². The minimum absolute atomic E-state index is 0.0882. The first-order valence-corrected chi connectivity index (χ1v) is 5.96. The van der Waals surface area contributed by atoms with Gasteiger partial charge in [-0.1, -0.05) is 32.9 Å². The molecule has 0 atom stereocenters. The highest BCUT2D eigenvalue weighted by Gasteiger charge is 2.12. The summed E-state index contributed by atoms with van der Waals surface area (Å²) in [6.45, 7) is 9.45. The number of carbonyl (C=O) groups excluding carboxylic acids is 1. The molecule has 0 fully saturated rings. The molecule has 4 nitrogen and oxygen atoms in total. The number of esters is 1. The van der Waals surface area contributed by atoms with Crippen LogP contribution in [0.3, 0.4) is 0 Å². The number of ether oxygens (including phenoxy) is 1. The van der Waals surface area contributed by atoms with E-state index in [0.717, 1.165) is 0 Å². The molecule has 0 radical (unpaired) electrons. The molecule has 1 rings (SSSR count). The molecule has 1 aromatic heterocycles. The highest BCUT2D eigenvalue weighted by atomic mass is 19.1. The Hall–Kier alpha value is -1.39. The van der Waals surface area contributed by atoms with Crippen molar-refractivity contribution >= 4 is 5.97 Å². The van der Waals surface area contributed by atoms with Gasteiger partial charge in [-0.3, -0.25) is 4.39 Å². The molecular formula is C12H22FNO3. The van der Waals surface area contributed by atoms with Crippen LogP contribution in [0.2, 0.25) is 0 Å². The zero-order valence-electron chi connectivity index (χ0n) is 11.2. The van der Waals surface area contributed by atoms with E-state index in [4.69, 9.17) is 0 Å². The predicted molar refractivity (Wildman–Crippen MR) is 64.8 cm³/mol. The third kappa shape index (κ3) is 7.49. The molecule has 0 bridgehead atoms.